The van der Waals surface area contributed by atoms with E-state index in [4.69, 9.17) is 9.63 Å². The van der Waals surface area contributed by atoms with E-state index in [9.17, 15) is 4.79 Å². The zero-order valence-corrected chi connectivity index (χ0v) is 10.7. The minimum atomic E-state index is -1.11. The van der Waals surface area contributed by atoms with Gasteiger partial charge in [-0.3, -0.25) is 10.3 Å². The molecule has 1 aromatic carbocycles. The summed E-state index contributed by atoms with van der Waals surface area (Å²) >= 11 is 0. The molecule has 3 rings (SSSR count). The third-order valence-corrected chi connectivity index (χ3v) is 2.73. The number of amides is 1. The molecule has 0 aliphatic rings. The van der Waals surface area contributed by atoms with Crippen molar-refractivity contribution in [3.8, 4) is 22.8 Å². The Hall–Kier alpha value is -3.22. The minimum Gasteiger partial charge on any atom is -0.465 e. The van der Waals surface area contributed by atoms with Crippen molar-refractivity contribution in [3.63, 3.8) is 0 Å². The topological polar surface area (TPSA) is 101 Å². The largest absolute Gasteiger partial charge is 0.465 e. The molecule has 2 heterocycles. The second kappa shape index (κ2) is 5.41. The SMILES string of the molecule is O=C(O)Nc1ccc(-c2noc(-c3cccnc3)n2)cc1. The van der Waals surface area contributed by atoms with Gasteiger partial charge in [-0.1, -0.05) is 5.16 Å². The maximum Gasteiger partial charge on any atom is 0.409 e. The van der Waals surface area contributed by atoms with E-state index in [1.807, 2.05) is 6.07 Å². The smallest absolute Gasteiger partial charge is 0.409 e. The number of hydrogen-bond donors (Lipinski definition) is 2. The number of carboxylic acid groups (broad SMARTS) is 1. The van der Waals surface area contributed by atoms with E-state index in [0.29, 0.717) is 17.4 Å². The van der Waals surface area contributed by atoms with Crippen molar-refractivity contribution in [3.05, 3.63) is 48.8 Å². The summed E-state index contributed by atoms with van der Waals surface area (Å²) in [5.41, 5.74) is 1.94. The second-order valence-corrected chi connectivity index (χ2v) is 4.17. The van der Waals surface area contributed by atoms with Crippen LogP contribution in [0.5, 0.6) is 0 Å². The summed E-state index contributed by atoms with van der Waals surface area (Å²) in [6.45, 7) is 0. The van der Waals surface area contributed by atoms with Gasteiger partial charge in [-0.05, 0) is 36.4 Å². The third-order valence-electron chi connectivity index (χ3n) is 2.73. The van der Waals surface area contributed by atoms with Gasteiger partial charge >= 0.3 is 6.09 Å². The van der Waals surface area contributed by atoms with Crippen molar-refractivity contribution in [2.24, 2.45) is 0 Å². The molecule has 0 unspecified atom stereocenters. The molecule has 2 aromatic heterocycles. The summed E-state index contributed by atoms with van der Waals surface area (Å²) in [6.07, 6.45) is 2.19. The molecule has 21 heavy (non-hydrogen) atoms. The standard InChI is InChI=1S/C14H10N4O3/c19-14(20)16-11-5-3-9(4-6-11)12-17-13(21-18-12)10-2-1-7-15-8-10/h1-8,16H,(H,19,20). The molecule has 104 valence electrons. The monoisotopic (exact) mass is 282 g/mol. The molecule has 7 nitrogen and oxygen atoms in total. The summed E-state index contributed by atoms with van der Waals surface area (Å²) < 4.78 is 5.19. The highest BCUT2D eigenvalue weighted by atomic mass is 16.5. The quantitative estimate of drug-likeness (QED) is 0.766. The van der Waals surface area contributed by atoms with Crippen LogP contribution in [0.3, 0.4) is 0 Å². The van der Waals surface area contributed by atoms with E-state index in [1.54, 1.807) is 42.7 Å². The third kappa shape index (κ3) is 2.86. The van der Waals surface area contributed by atoms with Gasteiger partial charge in [0.05, 0.1) is 5.56 Å². The Morgan fingerprint density at radius 1 is 1.14 bits per heavy atom. The first kappa shape index (κ1) is 12.8. The lowest BCUT2D eigenvalue weighted by Crippen LogP contribution is -2.06. The average molecular weight is 282 g/mol. The molecule has 0 saturated heterocycles. The Labute approximate surface area is 119 Å². The fraction of sp³-hybridized carbons (Fsp3) is 0. The molecule has 0 spiro atoms. The maximum absolute atomic E-state index is 10.5. The lowest BCUT2D eigenvalue weighted by molar-refractivity contribution is 0.210. The van der Waals surface area contributed by atoms with E-state index in [-0.39, 0.29) is 0 Å². The molecule has 0 bridgehead atoms. The number of carbonyl (C=O) groups is 1. The molecule has 1 amide bonds. The molecule has 0 atom stereocenters. The number of aromatic nitrogens is 3. The predicted octanol–water partition coefficient (Wildman–Crippen LogP) is 2.89. The van der Waals surface area contributed by atoms with E-state index >= 15 is 0 Å². The first-order valence-electron chi connectivity index (χ1n) is 6.07. The van der Waals surface area contributed by atoms with E-state index in [0.717, 1.165) is 11.1 Å². The summed E-state index contributed by atoms with van der Waals surface area (Å²) in [7, 11) is 0. The molecule has 3 aromatic rings. The van der Waals surface area contributed by atoms with Gasteiger partial charge in [-0.2, -0.15) is 4.98 Å². The van der Waals surface area contributed by atoms with E-state index in [1.165, 1.54) is 0 Å². The Morgan fingerprint density at radius 2 is 1.95 bits per heavy atom. The summed E-state index contributed by atoms with van der Waals surface area (Å²) in [4.78, 5) is 18.8. The number of anilines is 1. The van der Waals surface area contributed by atoms with Gasteiger partial charge in [0.2, 0.25) is 5.82 Å². The van der Waals surface area contributed by atoms with Crippen LogP contribution in [-0.4, -0.2) is 26.3 Å². The molecular formula is C14H10N4O3. The molecular weight excluding hydrogens is 272 g/mol. The zero-order chi connectivity index (χ0) is 14.7. The van der Waals surface area contributed by atoms with Crippen LogP contribution >= 0.6 is 0 Å². The van der Waals surface area contributed by atoms with Gasteiger partial charge in [-0.25, -0.2) is 4.79 Å². The number of nitrogens with one attached hydrogen (secondary N) is 1. The van der Waals surface area contributed by atoms with Crippen molar-refractivity contribution in [1.82, 2.24) is 15.1 Å². The summed E-state index contributed by atoms with van der Waals surface area (Å²) in [5, 5.41) is 14.8. The number of rotatable bonds is 3. The van der Waals surface area contributed by atoms with Crippen LogP contribution in [0.4, 0.5) is 10.5 Å². The molecule has 0 aliphatic heterocycles. The van der Waals surface area contributed by atoms with Gasteiger partial charge in [0, 0.05) is 23.6 Å². The molecule has 2 N–H and O–H groups in total. The van der Waals surface area contributed by atoms with Gasteiger partial charge in [-0.15, -0.1) is 0 Å². The minimum absolute atomic E-state index is 0.380. The highest BCUT2D eigenvalue weighted by molar-refractivity contribution is 5.83. The second-order valence-electron chi connectivity index (χ2n) is 4.17. The average Bonchev–Trinajstić information content (AvgIpc) is 2.98. The molecule has 0 saturated carbocycles. The van der Waals surface area contributed by atoms with Crippen molar-refractivity contribution >= 4 is 11.8 Å². The molecule has 7 heteroatoms. The van der Waals surface area contributed by atoms with Crippen LogP contribution < -0.4 is 5.32 Å². The van der Waals surface area contributed by atoms with Crippen molar-refractivity contribution in [2.75, 3.05) is 5.32 Å². The van der Waals surface area contributed by atoms with Crippen LogP contribution in [0.1, 0.15) is 0 Å². The van der Waals surface area contributed by atoms with Crippen LogP contribution in [0.25, 0.3) is 22.8 Å². The summed E-state index contributed by atoms with van der Waals surface area (Å²) in [5.74, 6) is 0.807. The molecule has 0 aliphatic carbocycles. The van der Waals surface area contributed by atoms with Crippen LogP contribution in [0.15, 0.2) is 53.3 Å². The molecule has 0 radical (unpaired) electrons. The van der Waals surface area contributed by atoms with Crippen LogP contribution in [0, 0.1) is 0 Å². The van der Waals surface area contributed by atoms with E-state index < -0.39 is 6.09 Å². The highest BCUT2D eigenvalue weighted by Crippen LogP contribution is 2.22. The van der Waals surface area contributed by atoms with Gasteiger partial charge in [0.15, 0.2) is 0 Å². The number of hydrogen-bond acceptors (Lipinski definition) is 5. The Balaban J connectivity index is 1.85. The van der Waals surface area contributed by atoms with Crippen LogP contribution in [0.2, 0.25) is 0 Å². The Bertz CT molecular complexity index is 753. The van der Waals surface area contributed by atoms with Crippen molar-refractivity contribution in [2.45, 2.75) is 0 Å². The lowest BCUT2D eigenvalue weighted by Gasteiger charge is -2.00. The fourth-order valence-corrected chi connectivity index (χ4v) is 1.77. The zero-order valence-electron chi connectivity index (χ0n) is 10.7. The normalized spacial score (nSPS) is 10.3. The highest BCUT2D eigenvalue weighted by Gasteiger charge is 2.10. The van der Waals surface area contributed by atoms with Crippen molar-refractivity contribution < 1.29 is 14.4 Å². The number of nitrogens with zero attached hydrogens (tertiary/aromatic N) is 3. The predicted molar refractivity (Wildman–Crippen MR) is 74.6 cm³/mol. The van der Waals surface area contributed by atoms with Crippen LogP contribution in [-0.2, 0) is 0 Å². The maximum atomic E-state index is 10.5. The van der Waals surface area contributed by atoms with Gasteiger partial charge in [0.25, 0.3) is 5.89 Å². The Kier molecular flexibility index (Phi) is 3.30. The number of pyridine rings is 1. The summed E-state index contributed by atoms with van der Waals surface area (Å²) in [6, 6.07) is 10.3. The van der Waals surface area contributed by atoms with E-state index in [2.05, 4.69) is 20.4 Å². The molecule has 0 fully saturated rings. The fourth-order valence-electron chi connectivity index (χ4n) is 1.77. The first-order valence-corrected chi connectivity index (χ1v) is 6.07. The van der Waals surface area contributed by atoms with Gasteiger partial charge in [0.1, 0.15) is 0 Å². The number of benzene rings is 1. The van der Waals surface area contributed by atoms with Crippen molar-refractivity contribution in [1.29, 1.82) is 0 Å². The lowest BCUT2D eigenvalue weighted by atomic mass is 10.2. The van der Waals surface area contributed by atoms with Gasteiger partial charge < -0.3 is 9.63 Å². The Morgan fingerprint density at radius 3 is 2.62 bits per heavy atom. The first-order chi connectivity index (χ1) is 10.2.